The van der Waals surface area contributed by atoms with Crippen molar-refractivity contribution in [2.75, 3.05) is 11.9 Å². The van der Waals surface area contributed by atoms with Gasteiger partial charge in [0.25, 0.3) is 0 Å². The fraction of sp³-hybridized carbons (Fsp3) is 0.100. The molecule has 1 aliphatic rings. The van der Waals surface area contributed by atoms with Crippen molar-refractivity contribution in [3.63, 3.8) is 0 Å². The molecule has 0 fully saturated rings. The maximum atomic E-state index is 10.8. The van der Waals surface area contributed by atoms with Crippen LogP contribution in [0.4, 0.5) is 5.69 Å². The minimum atomic E-state index is 0.518. The molecule has 0 spiro atoms. The molecule has 0 aliphatic carbocycles. The van der Waals surface area contributed by atoms with Crippen LogP contribution in [-0.2, 0) is 0 Å². The molecule has 2 rings (SSSR count). The zero-order valence-electron chi connectivity index (χ0n) is 7.83. The number of aldehydes is 1. The van der Waals surface area contributed by atoms with Gasteiger partial charge >= 0.3 is 0 Å². The third kappa shape index (κ3) is 1.40. The Morgan fingerprint density at radius 3 is 3.23 bits per heavy atom. The number of halogens is 1. The Labute approximate surface area is 86.2 Å². The van der Waals surface area contributed by atoms with E-state index in [1.807, 2.05) is 18.2 Å². The summed E-state index contributed by atoms with van der Waals surface area (Å²) in [6, 6.07) is 3.54. The minimum absolute atomic E-state index is 0.518. The van der Waals surface area contributed by atoms with Crippen LogP contribution >= 0.6 is 15.9 Å². The highest BCUT2D eigenvalue weighted by Gasteiger charge is 2.11. The molecular weight excluding hydrogens is 230 g/mol. The SMILES string of the molecule is [2H]N1CC=Cc2c(Br)ccc(C=O)c21. The Bertz CT molecular complexity index is 417. The monoisotopic (exact) mass is 238 g/mol. The lowest BCUT2D eigenvalue weighted by Gasteiger charge is -2.16. The lowest BCUT2D eigenvalue weighted by molar-refractivity contribution is 0.112. The van der Waals surface area contributed by atoms with Crippen molar-refractivity contribution in [3.05, 3.63) is 33.8 Å². The first-order chi connectivity index (χ1) is 6.74. The molecule has 0 bridgehead atoms. The number of carbonyl (C=O) groups excluding carboxylic acids is 1. The van der Waals surface area contributed by atoms with E-state index in [0.29, 0.717) is 17.8 Å². The van der Waals surface area contributed by atoms with Crippen LogP contribution in [0.25, 0.3) is 6.08 Å². The Balaban J connectivity index is 2.71. The molecular formula is C10H8BrNO. The van der Waals surface area contributed by atoms with Gasteiger partial charge in [0.15, 0.2) is 7.70 Å². The molecule has 2 nitrogen and oxygen atoms in total. The molecule has 1 heterocycles. The predicted molar refractivity (Wildman–Crippen MR) is 57.1 cm³/mol. The number of hydrogen-bond acceptors (Lipinski definition) is 2. The highest BCUT2D eigenvalue weighted by atomic mass is 79.9. The van der Waals surface area contributed by atoms with E-state index in [1.165, 1.54) is 5.31 Å². The molecule has 0 saturated carbocycles. The van der Waals surface area contributed by atoms with Crippen LogP contribution in [0, 0.1) is 0 Å². The second kappa shape index (κ2) is 3.34. The Hall–Kier alpha value is -1.09. The van der Waals surface area contributed by atoms with Crippen molar-refractivity contribution in [2.24, 2.45) is 0 Å². The highest BCUT2D eigenvalue weighted by molar-refractivity contribution is 9.10. The van der Waals surface area contributed by atoms with E-state index < -0.39 is 0 Å². The second-order valence-corrected chi connectivity index (χ2v) is 3.61. The van der Waals surface area contributed by atoms with Gasteiger partial charge in [-0.15, -0.1) is 0 Å². The molecule has 0 radical (unpaired) electrons. The zero-order chi connectivity index (χ0) is 10.1. The van der Waals surface area contributed by atoms with Gasteiger partial charge in [0, 0.05) is 22.1 Å². The van der Waals surface area contributed by atoms with E-state index in [2.05, 4.69) is 15.9 Å². The average Bonchev–Trinajstić information content (AvgIpc) is 2.20. The smallest absolute Gasteiger partial charge is 0.160 e. The van der Waals surface area contributed by atoms with E-state index in [-0.39, 0.29) is 0 Å². The van der Waals surface area contributed by atoms with E-state index in [9.17, 15) is 4.79 Å². The molecule has 1 aromatic rings. The van der Waals surface area contributed by atoms with Gasteiger partial charge in [-0.05, 0) is 12.1 Å². The largest absolute Gasteiger partial charge is 0.380 e. The fourth-order valence-corrected chi connectivity index (χ4v) is 1.80. The summed E-state index contributed by atoms with van der Waals surface area (Å²) in [5.41, 5.74) is 2.13. The van der Waals surface area contributed by atoms with Gasteiger partial charge in [0.2, 0.25) is 0 Å². The molecule has 1 N–H and O–H groups in total. The normalized spacial score (nSPS) is 15.2. The van der Waals surface area contributed by atoms with Crippen LogP contribution in [0.15, 0.2) is 22.7 Å². The van der Waals surface area contributed by atoms with Crippen LogP contribution < -0.4 is 5.31 Å². The molecule has 0 atom stereocenters. The van der Waals surface area contributed by atoms with E-state index in [1.54, 1.807) is 6.07 Å². The Morgan fingerprint density at radius 1 is 1.62 bits per heavy atom. The van der Waals surface area contributed by atoms with Crippen LogP contribution in [0.3, 0.4) is 0 Å². The van der Waals surface area contributed by atoms with Crippen LogP contribution in [-0.4, -0.2) is 12.8 Å². The summed E-state index contributed by atoms with van der Waals surface area (Å²) in [7, 11) is 0. The number of fused-ring (bicyclic) bond motifs is 1. The van der Waals surface area contributed by atoms with Crippen LogP contribution in [0.5, 0.6) is 0 Å². The molecule has 3 heteroatoms. The Kier molecular flexibility index (Phi) is 1.88. The average molecular weight is 239 g/mol. The van der Waals surface area contributed by atoms with Gasteiger partial charge in [0.05, 0.1) is 5.69 Å². The first kappa shape index (κ1) is 7.33. The summed E-state index contributed by atoms with van der Waals surface area (Å²) < 4.78 is 8.61. The molecule has 0 saturated heterocycles. The maximum absolute atomic E-state index is 10.8. The number of benzene rings is 1. The first-order valence-corrected chi connectivity index (χ1v) is 4.74. The highest BCUT2D eigenvalue weighted by Crippen LogP contribution is 2.30. The predicted octanol–water partition coefficient (Wildman–Crippen LogP) is 2.70. The summed E-state index contributed by atoms with van der Waals surface area (Å²) in [4.78, 5) is 10.8. The third-order valence-corrected chi connectivity index (χ3v) is 2.65. The number of carbonyl (C=O) groups is 1. The molecule has 13 heavy (non-hydrogen) atoms. The maximum Gasteiger partial charge on any atom is 0.160 e. The van der Waals surface area contributed by atoms with Crippen molar-refractivity contribution < 1.29 is 6.21 Å². The Morgan fingerprint density at radius 2 is 2.46 bits per heavy atom. The molecule has 1 aromatic carbocycles. The van der Waals surface area contributed by atoms with Crippen molar-refractivity contribution in [2.45, 2.75) is 0 Å². The summed E-state index contributed by atoms with van der Waals surface area (Å²) in [6.07, 6.45) is 4.61. The minimum Gasteiger partial charge on any atom is -0.380 e. The van der Waals surface area contributed by atoms with E-state index in [0.717, 1.165) is 16.3 Å². The third-order valence-electron chi connectivity index (χ3n) is 1.96. The molecule has 0 amide bonds. The van der Waals surface area contributed by atoms with Crippen molar-refractivity contribution in [1.82, 2.24) is 0 Å². The van der Waals surface area contributed by atoms with Crippen LogP contribution in [0.2, 0.25) is 1.41 Å². The van der Waals surface area contributed by atoms with E-state index in [4.69, 9.17) is 1.41 Å². The standard InChI is InChI=1S/C10H8BrNO/c11-9-4-3-7(6-13)10-8(9)2-1-5-12-10/h1-4,6,12H,5H2/i/hD. The van der Waals surface area contributed by atoms with Gasteiger partial charge in [-0.25, -0.2) is 0 Å². The molecule has 66 valence electrons. The lowest BCUT2D eigenvalue weighted by Crippen LogP contribution is -2.07. The number of rotatable bonds is 1. The molecule has 0 unspecified atom stereocenters. The van der Waals surface area contributed by atoms with Crippen molar-refractivity contribution >= 4 is 34.0 Å². The lowest BCUT2D eigenvalue weighted by atomic mass is 10.1. The van der Waals surface area contributed by atoms with Crippen molar-refractivity contribution in [3.8, 4) is 0 Å². The molecule has 0 aromatic heterocycles. The van der Waals surface area contributed by atoms with Crippen LogP contribution in [0.1, 0.15) is 15.9 Å². The van der Waals surface area contributed by atoms with Gasteiger partial charge in [-0.3, -0.25) is 4.79 Å². The van der Waals surface area contributed by atoms with Gasteiger partial charge in [0.1, 0.15) is 0 Å². The van der Waals surface area contributed by atoms with Gasteiger partial charge in [-0.2, -0.15) is 0 Å². The summed E-state index contributed by atoms with van der Waals surface area (Å²) in [5.74, 6) is 0. The molecule has 1 aliphatic heterocycles. The first-order valence-electron chi connectivity index (χ1n) is 4.39. The number of nitrogens with one attached hydrogen (secondary N) is 1. The topological polar surface area (TPSA) is 29.1 Å². The van der Waals surface area contributed by atoms with Crippen molar-refractivity contribution in [1.29, 1.82) is 0 Å². The zero-order valence-corrected chi connectivity index (χ0v) is 8.41. The quantitative estimate of drug-likeness (QED) is 0.763. The summed E-state index contributed by atoms with van der Waals surface area (Å²) in [5, 5.41) is 1.32. The summed E-state index contributed by atoms with van der Waals surface area (Å²) >= 11 is 3.40. The number of anilines is 1. The number of hydrogen-bond donors (Lipinski definition) is 1. The van der Waals surface area contributed by atoms with E-state index >= 15 is 0 Å². The van der Waals surface area contributed by atoms with Gasteiger partial charge < -0.3 is 5.31 Å². The summed E-state index contributed by atoms with van der Waals surface area (Å²) in [6.45, 7) is 0.518. The second-order valence-electron chi connectivity index (χ2n) is 2.76. The fourth-order valence-electron chi connectivity index (χ4n) is 1.34. The van der Waals surface area contributed by atoms with Gasteiger partial charge in [-0.1, -0.05) is 28.1 Å².